The van der Waals surface area contributed by atoms with Crippen molar-refractivity contribution in [1.29, 1.82) is 0 Å². The average Bonchev–Trinajstić information content (AvgIpc) is 3.61. The molecule has 9 heteroatoms. The monoisotopic (exact) mass is 597 g/mol. The Morgan fingerprint density at radius 1 is 0.974 bits per heavy atom. The number of benzene rings is 3. The lowest BCUT2D eigenvalue weighted by molar-refractivity contribution is 0.241. The predicted octanol–water partition coefficient (Wildman–Crippen LogP) is 6.08. The second-order valence-electron chi connectivity index (χ2n) is 9.41. The number of halogens is 1. The van der Waals surface area contributed by atoms with Crippen LogP contribution in [0.5, 0.6) is 5.75 Å². The molecule has 0 saturated heterocycles. The van der Waals surface area contributed by atoms with Crippen LogP contribution in [0.2, 0.25) is 0 Å². The number of fused-ring (bicyclic) bond motifs is 1. The molecule has 6 rings (SSSR count). The lowest BCUT2D eigenvalue weighted by atomic mass is 10.0. The summed E-state index contributed by atoms with van der Waals surface area (Å²) in [4.78, 5) is 18.5. The van der Waals surface area contributed by atoms with Crippen molar-refractivity contribution in [2.75, 3.05) is 0 Å². The number of ether oxygens (including phenoxy) is 1. The van der Waals surface area contributed by atoms with E-state index in [2.05, 4.69) is 32.1 Å². The minimum absolute atomic E-state index is 0.0850. The molecule has 3 heterocycles. The van der Waals surface area contributed by atoms with E-state index >= 15 is 0 Å². The Bertz CT molecular complexity index is 1910. The summed E-state index contributed by atoms with van der Waals surface area (Å²) >= 11 is 4.76. The molecule has 0 unspecified atom stereocenters. The minimum atomic E-state index is -0.207. The van der Waals surface area contributed by atoms with Crippen molar-refractivity contribution < 1.29 is 4.74 Å². The quantitative estimate of drug-likeness (QED) is 0.233. The van der Waals surface area contributed by atoms with Gasteiger partial charge < -0.3 is 4.74 Å². The molecule has 0 spiro atoms. The molecule has 0 amide bonds. The summed E-state index contributed by atoms with van der Waals surface area (Å²) in [6.45, 7) is 6.05. The third-order valence-corrected chi connectivity index (χ3v) is 7.63. The molecule has 0 fully saturated rings. The highest BCUT2D eigenvalue weighted by Gasteiger charge is 2.16. The molecule has 194 valence electrons. The third-order valence-electron chi connectivity index (χ3n) is 6.15. The average molecular weight is 599 g/mol. The Hall–Kier alpha value is -4.08. The van der Waals surface area contributed by atoms with Gasteiger partial charge in [0.05, 0.1) is 16.3 Å². The first kappa shape index (κ1) is 25.2. The zero-order valence-corrected chi connectivity index (χ0v) is 23.9. The Labute approximate surface area is 237 Å². The van der Waals surface area contributed by atoms with E-state index in [0.29, 0.717) is 15.3 Å². The first-order chi connectivity index (χ1) is 18.9. The van der Waals surface area contributed by atoms with Crippen LogP contribution in [0.4, 0.5) is 0 Å². The van der Waals surface area contributed by atoms with E-state index < -0.39 is 0 Å². The molecule has 39 heavy (non-hydrogen) atoms. The van der Waals surface area contributed by atoms with Crippen LogP contribution in [0.1, 0.15) is 25.0 Å². The number of aryl methyl sites for hydroxylation is 1. The van der Waals surface area contributed by atoms with Gasteiger partial charge in [-0.2, -0.15) is 14.6 Å². The molecule has 0 aliphatic rings. The Kier molecular flexibility index (Phi) is 6.62. The highest BCUT2D eigenvalue weighted by Crippen LogP contribution is 2.29. The summed E-state index contributed by atoms with van der Waals surface area (Å²) in [7, 11) is 0. The van der Waals surface area contributed by atoms with E-state index in [1.165, 1.54) is 15.9 Å². The van der Waals surface area contributed by atoms with Gasteiger partial charge in [-0.05, 0) is 74.9 Å². The van der Waals surface area contributed by atoms with Crippen molar-refractivity contribution >= 4 is 38.3 Å². The standard InChI is InChI=1S/C30H24BrN5O2S/c1-18(2)38-25-14-11-21(15-19(25)3)27-22(17-35(33-27)24-7-5-4-6-8-24)16-26-29(37)36-30(39-26)32-28(34-36)20-9-12-23(31)13-10-20/h4-18H,1-3H3/b26-16+. The second-order valence-corrected chi connectivity index (χ2v) is 11.3. The summed E-state index contributed by atoms with van der Waals surface area (Å²) in [5, 5.41) is 9.40. The van der Waals surface area contributed by atoms with Crippen LogP contribution in [0, 0.1) is 6.92 Å². The van der Waals surface area contributed by atoms with Crippen molar-refractivity contribution in [3.63, 3.8) is 0 Å². The van der Waals surface area contributed by atoms with Gasteiger partial charge in [-0.15, -0.1) is 5.10 Å². The largest absolute Gasteiger partial charge is 0.491 e. The lowest BCUT2D eigenvalue weighted by Gasteiger charge is -2.13. The number of hydrogen-bond donors (Lipinski definition) is 0. The van der Waals surface area contributed by atoms with Gasteiger partial charge in [-0.3, -0.25) is 4.79 Å². The fourth-order valence-electron chi connectivity index (χ4n) is 4.31. The van der Waals surface area contributed by atoms with Crippen molar-refractivity contribution in [2.45, 2.75) is 26.9 Å². The summed E-state index contributed by atoms with van der Waals surface area (Å²) in [5.74, 6) is 1.37. The van der Waals surface area contributed by atoms with E-state index in [-0.39, 0.29) is 11.7 Å². The molecule has 0 bridgehead atoms. The van der Waals surface area contributed by atoms with Gasteiger partial charge in [0, 0.05) is 27.4 Å². The number of thiazole rings is 1. The van der Waals surface area contributed by atoms with Crippen molar-refractivity contribution in [3.05, 3.63) is 109 Å². The zero-order chi connectivity index (χ0) is 27.1. The molecule has 6 aromatic rings. The number of rotatable bonds is 6. The summed E-state index contributed by atoms with van der Waals surface area (Å²) in [5.41, 5.74) is 5.13. The molecule has 0 atom stereocenters. The normalized spacial score (nSPS) is 12.1. The smallest absolute Gasteiger partial charge is 0.291 e. The molecule has 7 nitrogen and oxygen atoms in total. The van der Waals surface area contributed by atoms with E-state index in [9.17, 15) is 4.79 Å². The summed E-state index contributed by atoms with van der Waals surface area (Å²) in [6, 6.07) is 23.7. The van der Waals surface area contributed by atoms with Gasteiger partial charge >= 0.3 is 0 Å². The van der Waals surface area contributed by atoms with Gasteiger partial charge in [0.2, 0.25) is 4.96 Å². The maximum atomic E-state index is 13.3. The SMILES string of the molecule is Cc1cc(-c2nn(-c3ccccc3)cc2/C=c2/sc3nc(-c4ccc(Br)cc4)nn3c2=O)ccc1OC(C)C. The van der Waals surface area contributed by atoms with Crippen LogP contribution in [0.15, 0.2) is 88.3 Å². The fraction of sp³-hybridized carbons (Fsp3) is 0.133. The highest BCUT2D eigenvalue weighted by molar-refractivity contribution is 9.10. The van der Waals surface area contributed by atoms with Gasteiger partial charge in [0.1, 0.15) is 11.4 Å². The van der Waals surface area contributed by atoms with Gasteiger partial charge in [0.25, 0.3) is 5.56 Å². The van der Waals surface area contributed by atoms with E-state index in [0.717, 1.165) is 43.9 Å². The van der Waals surface area contributed by atoms with E-state index in [1.54, 1.807) is 0 Å². The molecule has 0 aliphatic carbocycles. The maximum absolute atomic E-state index is 13.3. The summed E-state index contributed by atoms with van der Waals surface area (Å²) < 4.78 is 10.6. The van der Waals surface area contributed by atoms with Gasteiger partial charge in [-0.25, -0.2) is 4.68 Å². The zero-order valence-electron chi connectivity index (χ0n) is 21.5. The number of nitrogens with zero attached hydrogens (tertiary/aromatic N) is 5. The van der Waals surface area contributed by atoms with Crippen LogP contribution >= 0.6 is 27.3 Å². The Morgan fingerprint density at radius 2 is 1.72 bits per heavy atom. The van der Waals surface area contributed by atoms with E-state index in [1.807, 2.05) is 104 Å². The number of hydrogen-bond acceptors (Lipinski definition) is 6. The molecule has 3 aromatic carbocycles. The minimum Gasteiger partial charge on any atom is -0.491 e. The number of aromatic nitrogens is 5. The molecule has 3 aromatic heterocycles. The van der Waals surface area contributed by atoms with Crippen molar-refractivity contribution in [3.8, 4) is 34.1 Å². The second kappa shape index (κ2) is 10.2. The molecule has 0 radical (unpaired) electrons. The molecular formula is C30H24BrN5O2S. The predicted molar refractivity (Wildman–Crippen MR) is 159 cm³/mol. The first-order valence-electron chi connectivity index (χ1n) is 12.5. The van der Waals surface area contributed by atoms with Gasteiger partial charge in [-0.1, -0.05) is 57.6 Å². The Morgan fingerprint density at radius 3 is 2.41 bits per heavy atom. The molecule has 0 saturated carbocycles. The van der Waals surface area contributed by atoms with Crippen LogP contribution in [-0.2, 0) is 0 Å². The Balaban J connectivity index is 1.46. The highest BCUT2D eigenvalue weighted by atomic mass is 79.9. The van der Waals surface area contributed by atoms with Crippen LogP contribution in [0.3, 0.4) is 0 Å². The van der Waals surface area contributed by atoms with E-state index in [4.69, 9.17) is 9.84 Å². The van der Waals surface area contributed by atoms with Crippen LogP contribution in [0.25, 0.3) is 39.4 Å². The molecule has 0 aliphatic heterocycles. The van der Waals surface area contributed by atoms with Crippen molar-refractivity contribution in [1.82, 2.24) is 24.4 Å². The number of para-hydroxylation sites is 1. The summed E-state index contributed by atoms with van der Waals surface area (Å²) in [6.07, 6.45) is 3.90. The maximum Gasteiger partial charge on any atom is 0.291 e. The van der Waals surface area contributed by atoms with Crippen LogP contribution < -0.4 is 14.8 Å². The molecular weight excluding hydrogens is 574 g/mol. The molecule has 0 N–H and O–H groups in total. The fourth-order valence-corrected chi connectivity index (χ4v) is 5.47. The topological polar surface area (TPSA) is 74.3 Å². The lowest BCUT2D eigenvalue weighted by Crippen LogP contribution is -2.23. The van der Waals surface area contributed by atoms with Crippen LogP contribution in [-0.4, -0.2) is 30.5 Å². The first-order valence-corrected chi connectivity index (χ1v) is 14.1. The third kappa shape index (κ3) is 5.03. The van der Waals surface area contributed by atoms with Gasteiger partial charge in [0.15, 0.2) is 5.82 Å². The van der Waals surface area contributed by atoms with Crippen molar-refractivity contribution in [2.24, 2.45) is 0 Å².